The molecule has 1 saturated heterocycles. The summed E-state index contributed by atoms with van der Waals surface area (Å²) < 4.78 is 16.3. The molecule has 1 unspecified atom stereocenters. The molecule has 1 fully saturated rings. The number of hydrogen-bond acceptors (Lipinski definition) is 7. The number of fused-ring (bicyclic) bond motifs is 1. The third-order valence-electron chi connectivity index (χ3n) is 6.51. The van der Waals surface area contributed by atoms with Crippen LogP contribution in [0.5, 0.6) is 5.75 Å². The predicted molar refractivity (Wildman–Crippen MR) is 142 cm³/mol. The quantitative estimate of drug-likeness (QED) is 0.412. The number of aryl methyl sites for hydroxylation is 2. The number of piperidine rings is 1. The van der Waals surface area contributed by atoms with Gasteiger partial charge in [0.25, 0.3) is 0 Å². The molecule has 8 nitrogen and oxygen atoms in total. The highest BCUT2D eigenvalue weighted by Crippen LogP contribution is 2.35. The number of ether oxygens (including phenoxy) is 3. The molecule has 37 heavy (non-hydrogen) atoms. The maximum Gasteiger partial charge on any atom is 0.410 e. The second kappa shape index (κ2) is 10.4. The van der Waals surface area contributed by atoms with Crippen molar-refractivity contribution in [2.75, 3.05) is 27.3 Å². The Kier molecular flexibility index (Phi) is 7.39. The maximum atomic E-state index is 12.8. The van der Waals surface area contributed by atoms with Crippen LogP contribution in [0.25, 0.3) is 22.3 Å². The molecule has 1 amide bonds. The van der Waals surface area contributed by atoms with Crippen LogP contribution in [-0.2, 0) is 9.47 Å². The fraction of sp³-hybridized carbons (Fsp3) is 0.448. The van der Waals surface area contributed by atoms with Crippen LogP contribution in [0.15, 0.2) is 30.3 Å². The van der Waals surface area contributed by atoms with Crippen molar-refractivity contribution >= 4 is 23.1 Å². The first-order valence-electron chi connectivity index (χ1n) is 12.5. The van der Waals surface area contributed by atoms with Gasteiger partial charge in [0, 0.05) is 35.7 Å². The van der Waals surface area contributed by atoms with Crippen molar-refractivity contribution in [3.8, 4) is 17.0 Å². The van der Waals surface area contributed by atoms with Gasteiger partial charge in [0.15, 0.2) is 5.65 Å². The molecule has 0 radical (unpaired) electrons. The molecule has 4 rings (SSSR count). The summed E-state index contributed by atoms with van der Waals surface area (Å²) in [6, 6.07) is 9.57. The highest BCUT2D eigenvalue weighted by molar-refractivity contribution is 6.03. The van der Waals surface area contributed by atoms with E-state index in [0.29, 0.717) is 41.1 Å². The number of pyridine rings is 2. The molecule has 196 valence electrons. The molecule has 1 aromatic carbocycles. The third-order valence-corrected chi connectivity index (χ3v) is 6.51. The average molecular weight is 506 g/mol. The number of amides is 1. The number of methoxy groups -OCH3 is 2. The van der Waals surface area contributed by atoms with Gasteiger partial charge in [-0.3, -0.25) is 0 Å². The molecule has 2 aromatic heterocycles. The van der Waals surface area contributed by atoms with Crippen LogP contribution in [0.4, 0.5) is 4.79 Å². The highest BCUT2D eigenvalue weighted by Gasteiger charge is 2.30. The van der Waals surface area contributed by atoms with Crippen LogP contribution in [0.1, 0.15) is 66.7 Å². The van der Waals surface area contributed by atoms with Gasteiger partial charge in [-0.2, -0.15) is 0 Å². The van der Waals surface area contributed by atoms with Gasteiger partial charge in [-0.15, -0.1) is 0 Å². The minimum absolute atomic E-state index is 0.0600. The number of aromatic nitrogens is 2. The summed E-state index contributed by atoms with van der Waals surface area (Å²) in [5.41, 5.74) is 4.72. The highest BCUT2D eigenvalue weighted by atomic mass is 16.6. The van der Waals surface area contributed by atoms with E-state index in [1.165, 1.54) is 7.11 Å². The molecular weight excluding hydrogens is 470 g/mol. The predicted octanol–water partition coefficient (Wildman–Crippen LogP) is 5.82. The SMILES string of the molecule is COC(=O)c1cc(C2CCCN(C(=O)OC(C)(C)C)C2)nc2nc(-c3c(C)cc(C)cc3OC)ccc12. The van der Waals surface area contributed by atoms with Gasteiger partial charge in [-0.25, -0.2) is 19.6 Å². The number of benzene rings is 1. The van der Waals surface area contributed by atoms with E-state index in [-0.39, 0.29) is 12.0 Å². The summed E-state index contributed by atoms with van der Waals surface area (Å²) in [6.07, 6.45) is 1.31. The molecule has 3 heterocycles. The lowest BCUT2D eigenvalue weighted by Gasteiger charge is -2.34. The second-order valence-electron chi connectivity index (χ2n) is 10.6. The van der Waals surface area contributed by atoms with Gasteiger partial charge < -0.3 is 19.1 Å². The number of rotatable bonds is 4. The van der Waals surface area contributed by atoms with Crippen LogP contribution < -0.4 is 4.74 Å². The molecular formula is C29H35N3O5. The lowest BCUT2D eigenvalue weighted by molar-refractivity contribution is 0.0197. The Labute approximate surface area is 218 Å². The summed E-state index contributed by atoms with van der Waals surface area (Å²) in [5.74, 6) is 0.219. The van der Waals surface area contributed by atoms with Crippen LogP contribution >= 0.6 is 0 Å². The van der Waals surface area contributed by atoms with Gasteiger partial charge in [0.2, 0.25) is 0 Å². The Bertz CT molecular complexity index is 1350. The van der Waals surface area contributed by atoms with Gasteiger partial charge in [0.05, 0.1) is 25.5 Å². The second-order valence-corrected chi connectivity index (χ2v) is 10.6. The first kappa shape index (κ1) is 26.4. The van der Waals surface area contributed by atoms with E-state index >= 15 is 0 Å². The van der Waals surface area contributed by atoms with Crippen LogP contribution in [0, 0.1) is 13.8 Å². The first-order valence-corrected chi connectivity index (χ1v) is 12.5. The van der Waals surface area contributed by atoms with E-state index in [1.54, 1.807) is 18.1 Å². The molecule has 3 aromatic rings. The summed E-state index contributed by atoms with van der Waals surface area (Å²) >= 11 is 0. The van der Waals surface area contributed by atoms with E-state index in [1.807, 2.05) is 52.8 Å². The monoisotopic (exact) mass is 505 g/mol. The van der Waals surface area contributed by atoms with Crippen molar-refractivity contribution in [1.82, 2.24) is 14.9 Å². The minimum Gasteiger partial charge on any atom is -0.496 e. The Morgan fingerprint density at radius 2 is 1.81 bits per heavy atom. The minimum atomic E-state index is -0.571. The number of likely N-dealkylation sites (tertiary alicyclic amines) is 1. The molecule has 0 N–H and O–H groups in total. The Hall–Kier alpha value is -3.68. The van der Waals surface area contributed by atoms with E-state index < -0.39 is 11.6 Å². The molecule has 1 atom stereocenters. The Balaban J connectivity index is 1.78. The average Bonchev–Trinajstić information content (AvgIpc) is 2.85. The topological polar surface area (TPSA) is 90.9 Å². The van der Waals surface area contributed by atoms with Crippen molar-refractivity contribution < 1.29 is 23.8 Å². The molecule has 1 aliphatic rings. The number of carbonyl (C=O) groups excluding carboxylic acids is 2. The smallest absolute Gasteiger partial charge is 0.410 e. The molecule has 0 saturated carbocycles. The van der Waals surface area contributed by atoms with E-state index in [0.717, 1.165) is 35.3 Å². The van der Waals surface area contributed by atoms with Gasteiger partial charge in [0.1, 0.15) is 11.4 Å². The fourth-order valence-corrected chi connectivity index (χ4v) is 4.88. The number of esters is 1. The maximum absolute atomic E-state index is 12.8. The van der Waals surface area contributed by atoms with Gasteiger partial charge in [-0.05, 0) is 82.9 Å². The van der Waals surface area contributed by atoms with E-state index in [9.17, 15) is 9.59 Å². The van der Waals surface area contributed by atoms with Gasteiger partial charge >= 0.3 is 12.1 Å². The fourth-order valence-electron chi connectivity index (χ4n) is 4.88. The van der Waals surface area contributed by atoms with Crippen molar-refractivity contribution in [1.29, 1.82) is 0 Å². The van der Waals surface area contributed by atoms with Gasteiger partial charge in [-0.1, -0.05) is 6.07 Å². The summed E-state index contributed by atoms with van der Waals surface area (Å²) in [5, 5.41) is 0.614. The summed E-state index contributed by atoms with van der Waals surface area (Å²) in [4.78, 5) is 37.0. The van der Waals surface area contributed by atoms with Crippen molar-refractivity contribution in [2.24, 2.45) is 0 Å². The van der Waals surface area contributed by atoms with Crippen LogP contribution in [0.3, 0.4) is 0 Å². The zero-order valence-corrected chi connectivity index (χ0v) is 22.7. The Morgan fingerprint density at radius 1 is 1.05 bits per heavy atom. The number of hydrogen-bond donors (Lipinski definition) is 0. The molecule has 0 bridgehead atoms. The van der Waals surface area contributed by atoms with E-state index in [4.69, 9.17) is 24.2 Å². The first-order chi connectivity index (χ1) is 17.5. The zero-order valence-electron chi connectivity index (χ0n) is 22.7. The zero-order chi connectivity index (χ0) is 26.9. The number of nitrogens with zero attached hydrogens (tertiary/aromatic N) is 3. The normalized spacial score (nSPS) is 16.0. The third kappa shape index (κ3) is 5.68. The lowest BCUT2D eigenvalue weighted by Crippen LogP contribution is -2.42. The Morgan fingerprint density at radius 3 is 2.49 bits per heavy atom. The standard InChI is InChI=1S/C29H35N3O5/c1-17-13-18(2)25(24(14-17)35-6)22-11-10-20-21(27(33)36-7)15-23(31-26(20)30-22)19-9-8-12-32(16-19)28(34)37-29(3,4)5/h10-11,13-15,19H,8-9,12,16H2,1-7H3. The number of carbonyl (C=O) groups is 2. The molecule has 8 heteroatoms. The lowest BCUT2D eigenvalue weighted by atomic mass is 9.93. The molecule has 0 spiro atoms. The van der Waals surface area contributed by atoms with Crippen LogP contribution in [-0.4, -0.2) is 59.8 Å². The molecule has 1 aliphatic heterocycles. The van der Waals surface area contributed by atoms with Crippen LogP contribution in [0.2, 0.25) is 0 Å². The summed E-state index contributed by atoms with van der Waals surface area (Å²) in [7, 11) is 3.01. The van der Waals surface area contributed by atoms with E-state index in [2.05, 4.69) is 6.07 Å². The van der Waals surface area contributed by atoms with Crippen molar-refractivity contribution in [3.05, 3.63) is 52.7 Å². The van der Waals surface area contributed by atoms with Crippen molar-refractivity contribution in [2.45, 2.75) is 59.0 Å². The van der Waals surface area contributed by atoms with Crippen molar-refractivity contribution in [3.63, 3.8) is 0 Å². The largest absolute Gasteiger partial charge is 0.496 e. The molecule has 0 aliphatic carbocycles. The summed E-state index contributed by atoms with van der Waals surface area (Å²) in [6.45, 7) is 10.7.